The minimum atomic E-state index is 0.0563. The lowest BCUT2D eigenvalue weighted by atomic mass is 10.1. The Bertz CT molecular complexity index is 177. The summed E-state index contributed by atoms with van der Waals surface area (Å²) in [6.07, 6.45) is 6.13. The number of hydrogen-bond donors (Lipinski definition) is 0. The zero-order valence-corrected chi connectivity index (χ0v) is 8.72. The van der Waals surface area contributed by atoms with Crippen LogP contribution in [-0.4, -0.2) is 24.0 Å². The molecule has 1 nitrogen and oxygen atoms in total. The predicted molar refractivity (Wildman–Crippen MR) is 54.4 cm³/mol. The quantitative estimate of drug-likeness (QED) is 0.650. The Kier molecular flexibility index (Phi) is 4.43. The van der Waals surface area contributed by atoms with Crippen LogP contribution in [0, 0.1) is 0 Å². The molecule has 0 spiro atoms. The van der Waals surface area contributed by atoms with Gasteiger partial charge >= 0.3 is 0 Å². The lowest BCUT2D eigenvalue weighted by molar-refractivity contribution is 0.178. The molecule has 0 N–H and O–H groups in total. The molecule has 76 valence electrons. The molecule has 1 rings (SSSR count). The summed E-state index contributed by atoms with van der Waals surface area (Å²) in [5, 5.41) is 0. The van der Waals surface area contributed by atoms with Gasteiger partial charge in [-0.05, 0) is 19.3 Å². The summed E-state index contributed by atoms with van der Waals surface area (Å²) >= 11 is 0. The van der Waals surface area contributed by atoms with Crippen LogP contribution in [-0.2, 0) is 0 Å². The maximum atomic E-state index is 13.0. The molecule has 0 aliphatic carbocycles. The maximum absolute atomic E-state index is 13.0. The van der Waals surface area contributed by atoms with Gasteiger partial charge in [-0.15, -0.1) is 0 Å². The summed E-state index contributed by atoms with van der Waals surface area (Å²) in [6, 6.07) is 0.587. The van der Waals surface area contributed by atoms with Crippen molar-refractivity contribution in [3.8, 4) is 0 Å². The summed E-state index contributed by atoms with van der Waals surface area (Å²) < 4.78 is 13.0. The van der Waals surface area contributed by atoms with Crippen LogP contribution >= 0.6 is 0 Å². The SMILES string of the molecule is CCCC(CC)N1CCC=C(F)C1. The van der Waals surface area contributed by atoms with Gasteiger partial charge in [-0.2, -0.15) is 0 Å². The smallest absolute Gasteiger partial charge is 0.110 e. The second-order valence-corrected chi connectivity index (χ2v) is 3.76. The second kappa shape index (κ2) is 5.38. The molecule has 1 atom stereocenters. The zero-order chi connectivity index (χ0) is 9.68. The first-order valence-corrected chi connectivity index (χ1v) is 5.36. The van der Waals surface area contributed by atoms with E-state index in [-0.39, 0.29) is 5.83 Å². The van der Waals surface area contributed by atoms with Crippen molar-refractivity contribution >= 4 is 0 Å². The van der Waals surface area contributed by atoms with Crippen LogP contribution in [0.5, 0.6) is 0 Å². The largest absolute Gasteiger partial charge is 0.294 e. The average Bonchev–Trinajstić information content (AvgIpc) is 2.14. The molecule has 1 heterocycles. The van der Waals surface area contributed by atoms with Crippen LogP contribution in [0.15, 0.2) is 11.9 Å². The van der Waals surface area contributed by atoms with Gasteiger partial charge in [-0.25, -0.2) is 4.39 Å². The van der Waals surface area contributed by atoms with Crippen LogP contribution in [0.3, 0.4) is 0 Å². The van der Waals surface area contributed by atoms with Crippen LogP contribution < -0.4 is 0 Å². The van der Waals surface area contributed by atoms with E-state index in [1.807, 2.05) is 0 Å². The van der Waals surface area contributed by atoms with E-state index in [9.17, 15) is 4.39 Å². The number of rotatable bonds is 4. The van der Waals surface area contributed by atoms with Crippen molar-refractivity contribution in [2.24, 2.45) is 0 Å². The number of hydrogen-bond acceptors (Lipinski definition) is 1. The van der Waals surface area contributed by atoms with Gasteiger partial charge in [0.2, 0.25) is 0 Å². The third-order valence-corrected chi connectivity index (χ3v) is 2.75. The van der Waals surface area contributed by atoms with Crippen molar-refractivity contribution < 1.29 is 4.39 Å². The fraction of sp³-hybridized carbons (Fsp3) is 0.818. The molecule has 1 aliphatic heterocycles. The zero-order valence-electron chi connectivity index (χ0n) is 8.72. The molecule has 13 heavy (non-hydrogen) atoms. The minimum Gasteiger partial charge on any atom is -0.294 e. The highest BCUT2D eigenvalue weighted by molar-refractivity contribution is 5.00. The van der Waals surface area contributed by atoms with E-state index in [0.717, 1.165) is 19.4 Å². The van der Waals surface area contributed by atoms with Crippen LogP contribution in [0.1, 0.15) is 39.5 Å². The molecule has 2 heteroatoms. The number of halogens is 1. The standard InChI is InChI=1S/C11H20FN/c1-3-6-11(4-2)13-8-5-7-10(12)9-13/h7,11H,3-6,8-9H2,1-2H3. The Hall–Kier alpha value is -0.370. The van der Waals surface area contributed by atoms with Gasteiger partial charge in [0.05, 0.1) is 6.54 Å². The lowest BCUT2D eigenvalue weighted by Crippen LogP contribution is -2.38. The summed E-state index contributed by atoms with van der Waals surface area (Å²) in [7, 11) is 0. The maximum Gasteiger partial charge on any atom is 0.110 e. The van der Waals surface area contributed by atoms with Gasteiger partial charge in [0.25, 0.3) is 0 Å². The lowest BCUT2D eigenvalue weighted by Gasteiger charge is -2.32. The molecular weight excluding hydrogens is 165 g/mol. The van der Waals surface area contributed by atoms with Crippen molar-refractivity contribution in [2.45, 2.75) is 45.6 Å². The molecule has 0 aromatic rings. The van der Waals surface area contributed by atoms with Crippen LogP contribution in [0.4, 0.5) is 4.39 Å². The molecule has 1 unspecified atom stereocenters. The van der Waals surface area contributed by atoms with Gasteiger partial charge in [-0.3, -0.25) is 4.90 Å². The molecule has 0 aromatic heterocycles. The third-order valence-electron chi connectivity index (χ3n) is 2.75. The molecule has 0 radical (unpaired) electrons. The predicted octanol–water partition coefficient (Wildman–Crippen LogP) is 3.12. The minimum absolute atomic E-state index is 0.0563. The highest BCUT2D eigenvalue weighted by Gasteiger charge is 2.19. The van der Waals surface area contributed by atoms with Crippen molar-refractivity contribution in [3.63, 3.8) is 0 Å². The summed E-state index contributed by atoms with van der Waals surface area (Å²) in [5.41, 5.74) is 0. The van der Waals surface area contributed by atoms with E-state index < -0.39 is 0 Å². The van der Waals surface area contributed by atoms with Crippen LogP contribution in [0.25, 0.3) is 0 Å². The normalized spacial score (nSPS) is 21.3. The van der Waals surface area contributed by atoms with Crippen molar-refractivity contribution in [1.82, 2.24) is 4.90 Å². The summed E-state index contributed by atoms with van der Waals surface area (Å²) in [6.45, 7) is 5.96. The van der Waals surface area contributed by atoms with E-state index in [0.29, 0.717) is 12.6 Å². The fourth-order valence-electron chi connectivity index (χ4n) is 2.01. The van der Waals surface area contributed by atoms with Gasteiger partial charge in [0, 0.05) is 12.6 Å². The number of nitrogens with zero attached hydrogens (tertiary/aromatic N) is 1. The molecule has 0 amide bonds. The average molecular weight is 185 g/mol. The highest BCUT2D eigenvalue weighted by Crippen LogP contribution is 2.18. The first-order valence-electron chi connectivity index (χ1n) is 5.36. The summed E-state index contributed by atoms with van der Waals surface area (Å²) in [4.78, 5) is 2.28. The highest BCUT2D eigenvalue weighted by atomic mass is 19.1. The molecule has 0 aromatic carbocycles. The first-order chi connectivity index (χ1) is 6.27. The molecule has 0 saturated heterocycles. The molecule has 1 aliphatic rings. The van der Waals surface area contributed by atoms with E-state index in [1.54, 1.807) is 6.08 Å². The van der Waals surface area contributed by atoms with Gasteiger partial charge in [-0.1, -0.05) is 26.3 Å². The van der Waals surface area contributed by atoms with Crippen molar-refractivity contribution in [1.29, 1.82) is 0 Å². The van der Waals surface area contributed by atoms with Gasteiger partial charge < -0.3 is 0 Å². The van der Waals surface area contributed by atoms with E-state index >= 15 is 0 Å². The van der Waals surface area contributed by atoms with E-state index in [4.69, 9.17) is 0 Å². The first kappa shape index (κ1) is 10.7. The molecule has 0 bridgehead atoms. The topological polar surface area (TPSA) is 3.24 Å². The Balaban J connectivity index is 2.45. The molecule has 0 fully saturated rings. The Labute approximate surface area is 80.6 Å². The van der Waals surface area contributed by atoms with Crippen molar-refractivity contribution in [3.05, 3.63) is 11.9 Å². The summed E-state index contributed by atoms with van der Waals surface area (Å²) in [5.74, 6) is 0.0563. The monoisotopic (exact) mass is 185 g/mol. The Morgan fingerprint density at radius 2 is 2.31 bits per heavy atom. The molecular formula is C11H20FN. The second-order valence-electron chi connectivity index (χ2n) is 3.76. The molecule has 0 saturated carbocycles. The third kappa shape index (κ3) is 3.11. The van der Waals surface area contributed by atoms with Crippen LogP contribution in [0.2, 0.25) is 0 Å². The van der Waals surface area contributed by atoms with E-state index in [2.05, 4.69) is 18.7 Å². The fourth-order valence-corrected chi connectivity index (χ4v) is 2.01. The van der Waals surface area contributed by atoms with Gasteiger partial charge in [0.15, 0.2) is 0 Å². The Morgan fingerprint density at radius 3 is 2.85 bits per heavy atom. The van der Waals surface area contributed by atoms with E-state index in [1.165, 1.54) is 12.8 Å². The van der Waals surface area contributed by atoms with Crippen molar-refractivity contribution in [2.75, 3.05) is 13.1 Å². The van der Waals surface area contributed by atoms with Gasteiger partial charge in [0.1, 0.15) is 5.83 Å². The Morgan fingerprint density at radius 1 is 1.54 bits per heavy atom.